The number of aromatic nitrogens is 6. The lowest BCUT2D eigenvalue weighted by Crippen LogP contribution is -2.28. The molecule has 0 spiro atoms. The molecule has 27 heavy (non-hydrogen) atoms. The van der Waals surface area contributed by atoms with Crippen LogP contribution in [0.25, 0.3) is 16.6 Å². The second kappa shape index (κ2) is 6.68. The maximum Gasteiger partial charge on any atom is 0.177 e. The Balaban J connectivity index is 1.91. The number of nitrogen functional groups attached to an aromatic ring is 1. The molecule has 0 saturated heterocycles. The summed E-state index contributed by atoms with van der Waals surface area (Å²) in [7, 11) is 0. The van der Waals surface area contributed by atoms with Crippen molar-refractivity contribution in [1.82, 2.24) is 29.9 Å². The number of H-pyrrole nitrogens is 1. The first-order chi connectivity index (χ1) is 13.1. The van der Waals surface area contributed by atoms with Gasteiger partial charge in [0.1, 0.15) is 12.1 Å². The van der Waals surface area contributed by atoms with Gasteiger partial charge in [0.2, 0.25) is 0 Å². The maximum atomic E-state index is 6.31. The summed E-state index contributed by atoms with van der Waals surface area (Å²) in [6.45, 7) is 4.19. The second-order valence-electron chi connectivity index (χ2n) is 6.86. The zero-order valence-corrected chi connectivity index (χ0v) is 15.3. The molecule has 1 aromatic carbocycles. The van der Waals surface area contributed by atoms with Crippen molar-refractivity contribution >= 4 is 22.4 Å². The van der Waals surface area contributed by atoms with E-state index in [4.69, 9.17) is 5.73 Å². The number of nitrogens with one attached hydrogen (secondary N) is 1. The molecule has 3 N–H and O–H groups in total. The Hall–Kier alpha value is -3.48. The molecule has 2 aromatic heterocycles. The summed E-state index contributed by atoms with van der Waals surface area (Å²) >= 11 is 0. The van der Waals surface area contributed by atoms with Crippen LogP contribution in [0.3, 0.4) is 0 Å². The van der Waals surface area contributed by atoms with Gasteiger partial charge in [-0.25, -0.2) is 14.6 Å². The van der Waals surface area contributed by atoms with Crippen molar-refractivity contribution < 1.29 is 0 Å². The van der Waals surface area contributed by atoms with Crippen molar-refractivity contribution in [3.8, 4) is 0 Å². The van der Waals surface area contributed by atoms with Gasteiger partial charge in [-0.3, -0.25) is 5.10 Å². The van der Waals surface area contributed by atoms with Gasteiger partial charge in [-0.05, 0) is 25.8 Å². The lowest BCUT2D eigenvalue weighted by atomic mass is 9.94. The predicted molar refractivity (Wildman–Crippen MR) is 106 cm³/mol. The monoisotopic (exact) mass is 359 g/mol. The summed E-state index contributed by atoms with van der Waals surface area (Å²) in [5.41, 5.74) is 8.64. The normalized spacial score (nSPS) is 13.6. The fourth-order valence-corrected chi connectivity index (χ4v) is 3.16. The summed E-state index contributed by atoms with van der Waals surface area (Å²) in [6, 6.07) is 10.2. The highest BCUT2D eigenvalue weighted by Gasteiger charge is 2.26. The molecule has 7 nitrogen and oxygen atoms in total. The number of nitrogens with two attached hydrogens (primary N) is 1. The van der Waals surface area contributed by atoms with E-state index >= 15 is 0 Å². The first-order valence-corrected chi connectivity index (χ1v) is 8.78. The lowest BCUT2D eigenvalue weighted by Gasteiger charge is -2.26. The molecular weight excluding hydrogens is 338 g/mol. The van der Waals surface area contributed by atoms with Gasteiger partial charge in [-0.15, -0.1) is 0 Å². The molecule has 0 fully saturated rings. The van der Waals surface area contributed by atoms with E-state index in [0.29, 0.717) is 22.7 Å². The molecule has 0 aliphatic heterocycles. The quantitative estimate of drug-likeness (QED) is 0.747. The number of benzene rings is 1. The van der Waals surface area contributed by atoms with E-state index in [9.17, 15) is 0 Å². The first kappa shape index (κ1) is 17.0. The van der Waals surface area contributed by atoms with Crippen molar-refractivity contribution in [1.29, 1.82) is 0 Å². The maximum absolute atomic E-state index is 6.31. The zero-order chi connectivity index (χ0) is 18.9. The van der Waals surface area contributed by atoms with Crippen LogP contribution in [0, 0.1) is 0 Å². The van der Waals surface area contributed by atoms with Crippen LogP contribution in [0.4, 0.5) is 5.82 Å². The van der Waals surface area contributed by atoms with Gasteiger partial charge in [0.05, 0.1) is 17.1 Å². The number of hydrogen-bond donors (Lipinski definition) is 2. The molecule has 136 valence electrons. The number of aromatic amines is 1. The van der Waals surface area contributed by atoms with Crippen LogP contribution < -0.4 is 5.73 Å². The van der Waals surface area contributed by atoms with Crippen LogP contribution in [0.1, 0.15) is 31.7 Å². The Morgan fingerprint density at radius 3 is 2.74 bits per heavy atom. The van der Waals surface area contributed by atoms with E-state index in [2.05, 4.69) is 57.3 Å². The Labute approximate surface area is 157 Å². The molecule has 1 aliphatic carbocycles. The molecule has 1 aliphatic rings. The molecule has 0 saturated carbocycles. The van der Waals surface area contributed by atoms with Crippen LogP contribution in [0.5, 0.6) is 0 Å². The largest absolute Gasteiger partial charge is 0.383 e. The highest BCUT2D eigenvalue weighted by atomic mass is 15.3. The third-order valence-corrected chi connectivity index (χ3v) is 4.73. The number of anilines is 1. The molecule has 7 heteroatoms. The van der Waals surface area contributed by atoms with Gasteiger partial charge in [0.15, 0.2) is 11.5 Å². The topological polar surface area (TPSA) is 98.3 Å². The third-order valence-electron chi connectivity index (χ3n) is 4.73. The second-order valence-corrected chi connectivity index (χ2v) is 6.86. The smallest absolute Gasteiger partial charge is 0.177 e. The van der Waals surface area contributed by atoms with Crippen molar-refractivity contribution in [2.24, 2.45) is 0 Å². The summed E-state index contributed by atoms with van der Waals surface area (Å²) < 4.78 is 1.86. The Kier molecular flexibility index (Phi) is 4.19. The number of rotatable bonds is 3. The minimum Gasteiger partial charge on any atom is -0.383 e. The highest BCUT2D eigenvalue weighted by molar-refractivity contribution is 5.85. The lowest BCUT2D eigenvalue weighted by molar-refractivity contribution is 0.401. The van der Waals surface area contributed by atoms with Gasteiger partial charge in [0, 0.05) is 5.57 Å². The summed E-state index contributed by atoms with van der Waals surface area (Å²) in [6.07, 6.45) is 10.0. The van der Waals surface area contributed by atoms with Crippen LogP contribution in [-0.4, -0.2) is 29.9 Å². The minimum atomic E-state index is -0.415. The third kappa shape index (κ3) is 3.08. The van der Waals surface area contributed by atoms with Crippen LogP contribution in [0.2, 0.25) is 0 Å². The van der Waals surface area contributed by atoms with Gasteiger partial charge >= 0.3 is 0 Å². The molecule has 2 heterocycles. The molecule has 0 radical (unpaired) electrons. The fourth-order valence-electron chi connectivity index (χ4n) is 3.16. The van der Waals surface area contributed by atoms with E-state index in [-0.39, 0.29) is 0 Å². The molecule has 0 unspecified atom stereocenters. The van der Waals surface area contributed by atoms with Crippen LogP contribution in [-0.2, 0) is 5.54 Å². The minimum absolute atomic E-state index is 0.340. The zero-order valence-electron chi connectivity index (χ0n) is 15.3. The van der Waals surface area contributed by atoms with Crippen molar-refractivity contribution in [3.63, 3.8) is 0 Å². The predicted octanol–water partition coefficient (Wildman–Crippen LogP) is 3.38. The average Bonchev–Trinajstić information content (AvgIpc) is 3.34. The molecule has 3 aromatic rings. The van der Waals surface area contributed by atoms with E-state index in [1.165, 1.54) is 6.33 Å². The Bertz CT molecular complexity index is 1090. The summed E-state index contributed by atoms with van der Waals surface area (Å²) in [4.78, 5) is 9.06. The molecule has 4 rings (SSSR count). The van der Waals surface area contributed by atoms with Crippen LogP contribution in [0.15, 0.2) is 61.1 Å². The van der Waals surface area contributed by atoms with Crippen LogP contribution >= 0.6 is 0 Å². The number of nitrogens with zero attached hydrogens (tertiary/aromatic N) is 5. The Morgan fingerprint density at radius 1 is 1.19 bits per heavy atom. The van der Waals surface area contributed by atoms with Crippen molar-refractivity contribution in [2.75, 3.05) is 5.73 Å². The molecular formula is C20H21N7. The van der Waals surface area contributed by atoms with E-state index in [1.807, 2.05) is 35.0 Å². The van der Waals surface area contributed by atoms with E-state index < -0.39 is 5.54 Å². The van der Waals surface area contributed by atoms with Crippen molar-refractivity contribution in [2.45, 2.75) is 25.8 Å². The summed E-state index contributed by atoms with van der Waals surface area (Å²) in [5.74, 6) is 0.888. The first-order valence-electron chi connectivity index (χ1n) is 8.78. The average molecular weight is 359 g/mol. The van der Waals surface area contributed by atoms with Gasteiger partial charge in [-0.1, -0.05) is 48.6 Å². The number of fused-ring (bicyclic) bond motifs is 1. The summed E-state index contributed by atoms with van der Waals surface area (Å²) in [5, 5.41) is 12.4. The van der Waals surface area contributed by atoms with Gasteiger partial charge < -0.3 is 5.73 Å². The molecule has 0 bridgehead atoms. The standard InChI is InChI=1S/C20H21N7/c1-20(2,15-10-4-3-5-11-15)27-19-16(12-24-27)17(21)25-18(26-23-13-22-19)14-8-6-7-9-14/h3-8,10-13H,9H2,1-2H3,(H,22,23)(H2,21,25,26). The van der Waals surface area contributed by atoms with Gasteiger partial charge in [-0.2, -0.15) is 10.2 Å². The number of hydrogen-bond acceptors (Lipinski definition) is 5. The van der Waals surface area contributed by atoms with E-state index in [0.717, 1.165) is 17.6 Å². The fraction of sp³-hybridized carbons (Fsp3) is 0.200. The molecule has 0 atom stereocenters. The SMILES string of the molecule is CC(C)(c1ccccc1)n1ncc2c(N)nc(C3=CC=CC3)n[nH]cnc21. The van der Waals surface area contributed by atoms with Crippen molar-refractivity contribution in [3.05, 3.63) is 72.5 Å². The van der Waals surface area contributed by atoms with Gasteiger partial charge in [0.25, 0.3) is 0 Å². The molecule has 0 amide bonds. The number of allylic oxidation sites excluding steroid dienone is 4. The Morgan fingerprint density at radius 2 is 2.00 bits per heavy atom. The van der Waals surface area contributed by atoms with E-state index in [1.54, 1.807) is 6.20 Å². The highest BCUT2D eigenvalue weighted by Crippen LogP contribution is 2.29.